The van der Waals surface area contributed by atoms with E-state index >= 15 is 0 Å². The minimum absolute atomic E-state index is 0.340. The monoisotopic (exact) mass is 391 g/mol. The highest BCUT2D eigenvalue weighted by Gasteiger charge is 2.31. The second-order valence-corrected chi connectivity index (χ2v) is 5.58. The quantitative estimate of drug-likeness (QED) is 0.563. The Hall–Kier alpha value is -3.62. The Labute approximate surface area is 157 Å². The molecule has 3 rings (SSSR count). The molecule has 0 saturated heterocycles. The molecule has 0 aliphatic rings. The number of benzene rings is 2. The minimum Gasteiger partial charge on any atom is -0.457 e. The van der Waals surface area contributed by atoms with Crippen molar-refractivity contribution in [3.63, 3.8) is 0 Å². The summed E-state index contributed by atoms with van der Waals surface area (Å²) in [6.07, 6.45) is -1.50. The van der Waals surface area contributed by atoms with Gasteiger partial charge in [-0.05, 0) is 54.6 Å². The molecule has 5 nitrogen and oxygen atoms in total. The van der Waals surface area contributed by atoms with Crippen LogP contribution in [0.3, 0.4) is 0 Å². The molecular formula is C19H13F4N3O2. The van der Waals surface area contributed by atoms with Gasteiger partial charge in [0.2, 0.25) is 0 Å². The van der Waals surface area contributed by atoms with E-state index in [9.17, 15) is 22.4 Å². The van der Waals surface area contributed by atoms with E-state index in [1.807, 2.05) is 0 Å². The fourth-order valence-electron chi connectivity index (χ4n) is 2.23. The van der Waals surface area contributed by atoms with Gasteiger partial charge < -0.3 is 15.4 Å². The van der Waals surface area contributed by atoms with Gasteiger partial charge in [-0.3, -0.25) is 4.98 Å². The molecule has 9 heteroatoms. The summed E-state index contributed by atoms with van der Waals surface area (Å²) in [6.45, 7) is 0. The molecule has 0 saturated carbocycles. The minimum atomic E-state index is -4.65. The summed E-state index contributed by atoms with van der Waals surface area (Å²) >= 11 is 0. The highest BCUT2D eigenvalue weighted by atomic mass is 19.4. The zero-order valence-corrected chi connectivity index (χ0v) is 14.1. The second kappa shape index (κ2) is 7.95. The van der Waals surface area contributed by atoms with Gasteiger partial charge in [0.15, 0.2) is 0 Å². The third-order valence-electron chi connectivity index (χ3n) is 3.54. The van der Waals surface area contributed by atoms with Crippen LogP contribution in [0.25, 0.3) is 0 Å². The van der Waals surface area contributed by atoms with Gasteiger partial charge in [0.25, 0.3) is 0 Å². The number of halogens is 4. The number of carbonyl (C=O) groups excluding carboxylic acids is 1. The van der Waals surface area contributed by atoms with Gasteiger partial charge in [0, 0.05) is 18.1 Å². The molecule has 0 atom stereocenters. The van der Waals surface area contributed by atoms with Crippen LogP contribution in [0.1, 0.15) is 5.56 Å². The maximum Gasteiger partial charge on any atom is 0.416 e. The van der Waals surface area contributed by atoms with E-state index < -0.39 is 29.3 Å². The van der Waals surface area contributed by atoms with Gasteiger partial charge in [-0.25, -0.2) is 9.18 Å². The maximum atomic E-state index is 13.7. The first-order valence-electron chi connectivity index (χ1n) is 7.94. The Balaban J connectivity index is 1.64. The molecule has 0 bridgehead atoms. The summed E-state index contributed by atoms with van der Waals surface area (Å²) in [4.78, 5) is 15.8. The van der Waals surface area contributed by atoms with E-state index in [-0.39, 0.29) is 0 Å². The van der Waals surface area contributed by atoms with Crippen molar-refractivity contribution in [1.29, 1.82) is 0 Å². The van der Waals surface area contributed by atoms with Crippen LogP contribution in [0.15, 0.2) is 67.0 Å². The Morgan fingerprint density at radius 2 is 1.54 bits per heavy atom. The smallest absolute Gasteiger partial charge is 0.416 e. The number of hydrogen-bond donors (Lipinski definition) is 2. The summed E-state index contributed by atoms with van der Waals surface area (Å²) in [5.41, 5.74) is -1.31. The molecule has 144 valence electrons. The molecule has 3 aromatic rings. The Kier molecular flexibility index (Phi) is 5.44. The molecule has 2 N–H and O–H groups in total. The van der Waals surface area contributed by atoms with E-state index in [4.69, 9.17) is 4.74 Å². The molecule has 1 aromatic heterocycles. The lowest BCUT2D eigenvalue weighted by Crippen LogP contribution is -2.20. The molecule has 0 radical (unpaired) electrons. The summed E-state index contributed by atoms with van der Waals surface area (Å²) in [5.74, 6) is 0.0961. The normalized spacial score (nSPS) is 11.0. The van der Waals surface area contributed by atoms with E-state index in [0.29, 0.717) is 35.4 Å². The number of nitrogens with one attached hydrogen (secondary N) is 2. The van der Waals surface area contributed by atoms with Gasteiger partial charge in [-0.2, -0.15) is 13.2 Å². The van der Waals surface area contributed by atoms with Crippen LogP contribution in [0.4, 0.5) is 33.7 Å². The lowest BCUT2D eigenvalue weighted by molar-refractivity contribution is -0.137. The SMILES string of the molecule is O=C(Nc1ccc(Oc2ccncc2)cc1)Nc1cc(C(F)(F)F)ccc1F. The van der Waals surface area contributed by atoms with Crippen LogP contribution in [-0.4, -0.2) is 11.0 Å². The Bertz CT molecular complexity index is 961. The van der Waals surface area contributed by atoms with Crippen molar-refractivity contribution in [2.75, 3.05) is 10.6 Å². The van der Waals surface area contributed by atoms with Crippen molar-refractivity contribution >= 4 is 17.4 Å². The largest absolute Gasteiger partial charge is 0.457 e. The van der Waals surface area contributed by atoms with Gasteiger partial charge >= 0.3 is 12.2 Å². The highest BCUT2D eigenvalue weighted by Crippen LogP contribution is 2.32. The van der Waals surface area contributed by atoms with E-state index in [1.165, 1.54) is 12.1 Å². The average molecular weight is 391 g/mol. The van der Waals surface area contributed by atoms with Gasteiger partial charge in [0.1, 0.15) is 17.3 Å². The number of urea groups is 1. The van der Waals surface area contributed by atoms with Gasteiger partial charge in [-0.15, -0.1) is 0 Å². The molecule has 0 aliphatic carbocycles. The first-order valence-corrected chi connectivity index (χ1v) is 7.94. The molecule has 2 amide bonds. The highest BCUT2D eigenvalue weighted by molar-refractivity contribution is 5.99. The molecule has 28 heavy (non-hydrogen) atoms. The fourth-order valence-corrected chi connectivity index (χ4v) is 2.23. The number of carbonyl (C=O) groups is 1. The van der Waals surface area contributed by atoms with Crippen molar-refractivity contribution < 1.29 is 27.1 Å². The predicted molar refractivity (Wildman–Crippen MR) is 94.8 cm³/mol. The molecule has 0 unspecified atom stereocenters. The molecular weight excluding hydrogens is 378 g/mol. The number of aromatic nitrogens is 1. The lowest BCUT2D eigenvalue weighted by atomic mass is 10.2. The van der Waals surface area contributed by atoms with Crippen LogP contribution in [0, 0.1) is 5.82 Å². The number of hydrogen-bond acceptors (Lipinski definition) is 3. The number of pyridine rings is 1. The maximum absolute atomic E-state index is 13.7. The number of alkyl halides is 3. The van der Waals surface area contributed by atoms with Crippen LogP contribution in [0.2, 0.25) is 0 Å². The standard InChI is InChI=1S/C19H13F4N3O2/c20-16-6-1-12(19(21,22)23)11-17(16)26-18(27)25-13-2-4-14(5-3-13)28-15-7-9-24-10-8-15/h1-11H,(H2,25,26,27). The average Bonchev–Trinajstić information content (AvgIpc) is 2.65. The van der Waals surface area contributed by atoms with Crippen LogP contribution < -0.4 is 15.4 Å². The van der Waals surface area contributed by atoms with Gasteiger partial charge in [0.05, 0.1) is 11.3 Å². The van der Waals surface area contributed by atoms with Crippen molar-refractivity contribution in [2.45, 2.75) is 6.18 Å². The Morgan fingerprint density at radius 1 is 0.893 bits per heavy atom. The first kappa shape index (κ1) is 19.2. The van der Waals surface area contributed by atoms with Crippen LogP contribution >= 0.6 is 0 Å². The topological polar surface area (TPSA) is 63.2 Å². The van der Waals surface area contributed by atoms with Gasteiger partial charge in [-0.1, -0.05) is 0 Å². The number of nitrogens with zero attached hydrogens (tertiary/aromatic N) is 1. The lowest BCUT2D eigenvalue weighted by Gasteiger charge is -2.12. The molecule has 0 spiro atoms. The summed E-state index contributed by atoms with van der Waals surface area (Å²) in [7, 11) is 0. The first-order chi connectivity index (χ1) is 13.3. The summed E-state index contributed by atoms with van der Waals surface area (Å²) in [6, 6.07) is 10.4. The fraction of sp³-hybridized carbons (Fsp3) is 0.0526. The molecule has 0 aliphatic heterocycles. The van der Waals surface area contributed by atoms with E-state index in [0.717, 1.165) is 0 Å². The van der Waals surface area contributed by atoms with Crippen LogP contribution in [0.5, 0.6) is 11.5 Å². The Morgan fingerprint density at radius 3 is 2.18 bits per heavy atom. The molecule has 1 heterocycles. The second-order valence-electron chi connectivity index (χ2n) is 5.58. The van der Waals surface area contributed by atoms with Crippen molar-refractivity contribution in [3.8, 4) is 11.5 Å². The number of ether oxygens (including phenoxy) is 1. The third-order valence-corrected chi connectivity index (χ3v) is 3.54. The molecule has 0 fully saturated rings. The zero-order valence-electron chi connectivity index (χ0n) is 14.1. The zero-order chi connectivity index (χ0) is 20.1. The van der Waals surface area contributed by atoms with Crippen molar-refractivity contribution in [2.24, 2.45) is 0 Å². The third kappa shape index (κ3) is 4.97. The number of rotatable bonds is 4. The summed E-state index contributed by atoms with van der Waals surface area (Å²) in [5, 5.41) is 4.47. The van der Waals surface area contributed by atoms with Crippen molar-refractivity contribution in [3.05, 3.63) is 78.4 Å². The molecule has 2 aromatic carbocycles. The van der Waals surface area contributed by atoms with Crippen molar-refractivity contribution in [1.82, 2.24) is 4.98 Å². The van der Waals surface area contributed by atoms with Crippen LogP contribution in [-0.2, 0) is 6.18 Å². The number of amides is 2. The van der Waals surface area contributed by atoms with E-state index in [2.05, 4.69) is 15.6 Å². The van der Waals surface area contributed by atoms with E-state index in [1.54, 1.807) is 36.7 Å². The number of anilines is 2. The summed E-state index contributed by atoms with van der Waals surface area (Å²) < 4.78 is 57.4. The predicted octanol–water partition coefficient (Wildman–Crippen LogP) is 5.68.